The fourth-order valence-electron chi connectivity index (χ4n) is 1.45. The van der Waals surface area contributed by atoms with E-state index in [0.717, 1.165) is 4.47 Å². The molecule has 4 nitrogen and oxygen atoms in total. The molecule has 5 heteroatoms. The van der Waals surface area contributed by atoms with Crippen LogP contribution < -0.4 is 5.32 Å². The van der Waals surface area contributed by atoms with Crippen LogP contribution in [0.3, 0.4) is 0 Å². The van der Waals surface area contributed by atoms with Crippen molar-refractivity contribution in [1.82, 2.24) is 5.32 Å². The van der Waals surface area contributed by atoms with Crippen LogP contribution in [-0.2, 0) is 4.74 Å². The van der Waals surface area contributed by atoms with Crippen LogP contribution in [0.4, 0.5) is 0 Å². The molecule has 17 heavy (non-hydrogen) atoms. The Morgan fingerprint density at radius 3 is 2.76 bits per heavy atom. The van der Waals surface area contributed by atoms with Crippen molar-refractivity contribution in [3.05, 3.63) is 45.8 Å². The minimum atomic E-state index is -0.276. The first-order valence-electron chi connectivity index (χ1n) is 5.03. The third-order valence-electron chi connectivity index (χ3n) is 2.34. The molecule has 0 radical (unpaired) electrons. The van der Waals surface area contributed by atoms with Crippen molar-refractivity contribution in [3.8, 4) is 6.07 Å². The van der Waals surface area contributed by atoms with Crippen LogP contribution in [0, 0.1) is 11.3 Å². The van der Waals surface area contributed by atoms with Crippen molar-refractivity contribution >= 4 is 21.8 Å². The van der Waals surface area contributed by atoms with Gasteiger partial charge in [0.2, 0.25) is 5.88 Å². The summed E-state index contributed by atoms with van der Waals surface area (Å²) in [5, 5.41) is 11.4. The van der Waals surface area contributed by atoms with Crippen LogP contribution in [0.25, 0.3) is 0 Å². The van der Waals surface area contributed by atoms with E-state index >= 15 is 0 Å². The second-order valence-corrected chi connectivity index (χ2v) is 4.39. The maximum absolute atomic E-state index is 11.8. The number of nitrogens with zero attached hydrogens (tertiary/aromatic N) is 1. The van der Waals surface area contributed by atoms with Gasteiger partial charge < -0.3 is 4.74 Å². The first-order chi connectivity index (χ1) is 8.20. The van der Waals surface area contributed by atoms with Crippen molar-refractivity contribution in [2.45, 2.75) is 6.42 Å². The van der Waals surface area contributed by atoms with E-state index in [4.69, 9.17) is 10.00 Å². The number of nitriles is 1. The van der Waals surface area contributed by atoms with E-state index in [1.54, 1.807) is 24.3 Å². The second kappa shape index (κ2) is 5.02. The maximum Gasteiger partial charge on any atom is 0.257 e. The number of hydrogen-bond donors (Lipinski definition) is 1. The maximum atomic E-state index is 11.8. The highest BCUT2D eigenvalue weighted by Crippen LogP contribution is 2.17. The van der Waals surface area contributed by atoms with E-state index in [9.17, 15) is 4.79 Å². The minimum absolute atomic E-state index is 0.276. The fraction of sp³-hybridized carbons (Fsp3) is 0.167. The van der Waals surface area contributed by atoms with Gasteiger partial charge in [-0.25, -0.2) is 0 Å². The normalized spacial score (nSPS) is 14.1. The van der Waals surface area contributed by atoms with Gasteiger partial charge in [-0.1, -0.05) is 15.9 Å². The molecule has 0 fully saturated rings. The van der Waals surface area contributed by atoms with Gasteiger partial charge in [0.25, 0.3) is 5.91 Å². The largest absolute Gasteiger partial charge is 0.478 e. The summed E-state index contributed by atoms with van der Waals surface area (Å²) >= 11 is 3.29. The molecule has 86 valence electrons. The number of carbonyl (C=O) groups is 1. The van der Waals surface area contributed by atoms with Gasteiger partial charge in [-0.15, -0.1) is 0 Å². The van der Waals surface area contributed by atoms with Crippen LogP contribution in [0.15, 0.2) is 40.2 Å². The lowest BCUT2D eigenvalue weighted by molar-refractivity contribution is 0.0930. The highest BCUT2D eigenvalue weighted by molar-refractivity contribution is 9.10. The molecule has 0 atom stereocenters. The summed E-state index contributed by atoms with van der Waals surface area (Å²) in [5.41, 5.74) is 1.00. The average molecular weight is 293 g/mol. The monoisotopic (exact) mass is 292 g/mol. The third kappa shape index (κ3) is 2.66. The Labute approximate surface area is 107 Å². The van der Waals surface area contributed by atoms with E-state index in [0.29, 0.717) is 24.2 Å². The molecule has 1 heterocycles. The van der Waals surface area contributed by atoms with E-state index < -0.39 is 0 Å². The molecule has 0 aromatic heterocycles. The molecule has 0 unspecified atom stereocenters. The van der Waals surface area contributed by atoms with Gasteiger partial charge in [-0.05, 0) is 24.3 Å². The van der Waals surface area contributed by atoms with E-state index in [2.05, 4.69) is 21.2 Å². The summed E-state index contributed by atoms with van der Waals surface area (Å²) in [6.45, 7) is 0.443. The van der Waals surface area contributed by atoms with E-state index in [-0.39, 0.29) is 11.8 Å². The molecule has 1 amide bonds. The highest BCUT2D eigenvalue weighted by Gasteiger charge is 2.18. The molecular formula is C12H9BrN2O2. The summed E-state index contributed by atoms with van der Waals surface area (Å²) in [4.78, 5) is 11.8. The molecule has 0 saturated carbocycles. The first-order valence-corrected chi connectivity index (χ1v) is 5.83. The number of benzene rings is 1. The van der Waals surface area contributed by atoms with Gasteiger partial charge in [0.15, 0.2) is 0 Å². The summed E-state index contributed by atoms with van der Waals surface area (Å²) in [6.07, 6.45) is 0.548. The molecule has 1 aromatic carbocycles. The van der Waals surface area contributed by atoms with Crippen LogP contribution >= 0.6 is 15.9 Å². The average Bonchev–Trinajstić information content (AvgIpc) is 2.77. The Bertz CT molecular complexity index is 514. The number of halogens is 1. The van der Waals surface area contributed by atoms with Crippen molar-refractivity contribution < 1.29 is 9.53 Å². The molecule has 0 bridgehead atoms. The zero-order valence-electron chi connectivity index (χ0n) is 8.87. The number of nitrogens with one attached hydrogen (secondary N) is 1. The highest BCUT2D eigenvalue weighted by atomic mass is 79.9. The Kier molecular flexibility index (Phi) is 3.45. The number of ether oxygens (including phenoxy) is 1. The minimum Gasteiger partial charge on any atom is -0.478 e. The third-order valence-corrected chi connectivity index (χ3v) is 2.87. The Balaban J connectivity index is 2.12. The van der Waals surface area contributed by atoms with Gasteiger partial charge in [0.05, 0.1) is 12.2 Å². The second-order valence-electron chi connectivity index (χ2n) is 3.48. The Morgan fingerprint density at radius 2 is 2.12 bits per heavy atom. The molecule has 1 aliphatic rings. The van der Waals surface area contributed by atoms with Crippen LogP contribution in [0.5, 0.6) is 0 Å². The molecule has 1 aliphatic heterocycles. The smallest absolute Gasteiger partial charge is 0.257 e. The molecule has 2 rings (SSSR count). The molecule has 0 aliphatic carbocycles. The topological polar surface area (TPSA) is 62.1 Å². The lowest BCUT2D eigenvalue weighted by Crippen LogP contribution is -2.23. The van der Waals surface area contributed by atoms with Crippen molar-refractivity contribution in [1.29, 1.82) is 5.26 Å². The fourth-order valence-corrected chi connectivity index (χ4v) is 1.71. The molecular weight excluding hydrogens is 284 g/mol. The van der Waals surface area contributed by atoms with Gasteiger partial charge >= 0.3 is 0 Å². The predicted molar refractivity (Wildman–Crippen MR) is 64.8 cm³/mol. The molecule has 0 spiro atoms. The SMILES string of the molecule is N#CC1=C(NC(=O)c2ccc(Br)cc2)OCC1. The zero-order chi connectivity index (χ0) is 12.3. The van der Waals surface area contributed by atoms with Crippen molar-refractivity contribution in [2.75, 3.05) is 6.61 Å². The Morgan fingerprint density at radius 1 is 1.41 bits per heavy atom. The first kappa shape index (κ1) is 11.7. The van der Waals surface area contributed by atoms with Crippen LogP contribution in [0.2, 0.25) is 0 Å². The lowest BCUT2D eigenvalue weighted by Gasteiger charge is -2.06. The number of rotatable bonds is 2. The van der Waals surface area contributed by atoms with E-state index in [1.807, 2.05) is 6.07 Å². The Hall–Kier alpha value is -1.80. The van der Waals surface area contributed by atoms with Gasteiger partial charge in [-0.3, -0.25) is 10.1 Å². The quantitative estimate of drug-likeness (QED) is 0.910. The zero-order valence-corrected chi connectivity index (χ0v) is 10.5. The summed E-state index contributed by atoms with van der Waals surface area (Å²) in [7, 11) is 0. The van der Waals surface area contributed by atoms with E-state index in [1.165, 1.54) is 0 Å². The number of amides is 1. The molecule has 1 aromatic rings. The summed E-state index contributed by atoms with van der Waals surface area (Å²) in [6, 6.07) is 8.97. The summed E-state index contributed by atoms with van der Waals surface area (Å²) < 4.78 is 6.09. The van der Waals surface area contributed by atoms with Crippen molar-refractivity contribution in [2.24, 2.45) is 0 Å². The standard InChI is InChI=1S/C12H9BrN2O2/c13-10-3-1-8(2-4-10)11(16)15-12-9(7-14)5-6-17-12/h1-4H,5-6H2,(H,15,16). The van der Waals surface area contributed by atoms with Gasteiger partial charge in [-0.2, -0.15) is 5.26 Å². The lowest BCUT2D eigenvalue weighted by atomic mass is 10.2. The predicted octanol–water partition coefficient (Wildman–Crippen LogP) is 2.33. The number of hydrogen-bond acceptors (Lipinski definition) is 3. The molecule has 0 saturated heterocycles. The van der Waals surface area contributed by atoms with Crippen LogP contribution in [-0.4, -0.2) is 12.5 Å². The number of carbonyl (C=O) groups excluding carboxylic acids is 1. The summed E-state index contributed by atoms with van der Waals surface area (Å²) in [5.74, 6) is 0.00238. The van der Waals surface area contributed by atoms with Crippen LogP contribution in [0.1, 0.15) is 16.8 Å². The van der Waals surface area contributed by atoms with Gasteiger partial charge in [0.1, 0.15) is 6.07 Å². The molecule has 1 N–H and O–H groups in total. The van der Waals surface area contributed by atoms with Gasteiger partial charge in [0, 0.05) is 16.5 Å². The van der Waals surface area contributed by atoms with Crippen molar-refractivity contribution in [3.63, 3.8) is 0 Å².